The third-order valence-corrected chi connectivity index (χ3v) is 4.97. The fourth-order valence-corrected chi connectivity index (χ4v) is 3.53. The number of nitrogens with zero attached hydrogens (tertiary/aromatic N) is 2. The lowest BCUT2D eigenvalue weighted by molar-refractivity contribution is -0.126. The van der Waals surface area contributed by atoms with Crippen LogP contribution in [0.15, 0.2) is 72.8 Å². The van der Waals surface area contributed by atoms with Crippen molar-refractivity contribution >= 4 is 34.0 Å². The van der Waals surface area contributed by atoms with Crippen LogP contribution in [0.2, 0.25) is 0 Å². The predicted molar refractivity (Wildman–Crippen MR) is 107 cm³/mol. The molecular weight excluding hydrogens is 338 g/mol. The monoisotopic (exact) mass is 359 g/mol. The van der Waals surface area contributed by atoms with Crippen LogP contribution >= 0.6 is 0 Å². The normalized spacial score (nSPS) is 16.6. The van der Waals surface area contributed by atoms with E-state index >= 15 is 0 Å². The van der Waals surface area contributed by atoms with E-state index in [2.05, 4.69) is 5.43 Å². The van der Waals surface area contributed by atoms with Gasteiger partial charge < -0.3 is 4.90 Å². The van der Waals surface area contributed by atoms with Crippen LogP contribution in [0, 0.1) is 5.92 Å². The van der Waals surface area contributed by atoms with E-state index in [0.29, 0.717) is 6.54 Å². The minimum atomic E-state index is -0.373. The van der Waals surface area contributed by atoms with Gasteiger partial charge in [0.25, 0.3) is 0 Å². The molecule has 3 aromatic carbocycles. The highest BCUT2D eigenvalue weighted by atomic mass is 16.2. The van der Waals surface area contributed by atoms with Gasteiger partial charge in [-0.15, -0.1) is 0 Å². The van der Waals surface area contributed by atoms with Gasteiger partial charge in [-0.3, -0.25) is 20.0 Å². The number of hydrazine groups is 1. The second kappa shape index (κ2) is 7.11. The topological polar surface area (TPSA) is 52.7 Å². The molecular formula is C22H21N3O2. The zero-order chi connectivity index (χ0) is 18.8. The summed E-state index contributed by atoms with van der Waals surface area (Å²) < 4.78 is 0. The summed E-state index contributed by atoms with van der Waals surface area (Å²) in [5.41, 5.74) is 4.64. The number of para-hydroxylation sites is 1. The number of hydrogen-bond donors (Lipinski definition) is 1. The van der Waals surface area contributed by atoms with Gasteiger partial charge in [-0.1, -0.05) is 54.6 Å². The van der Waals surface area contributed by atoms with E-state index in [-0.39, 0.29) is 24.2 Å². The highest BCUT2D eigenvalue weighted by Gasteiger charge is 2.36. The van der Waals surface area contributed by atoms with Crippen molar-refractivity contribution in [3.63, 3.8) is 0 Å². The molecule has 0 saturated carbocycles. The average molecular weight is 359 g/mol. The van der Waals surface area contributed by atoms with Gasteiger partial charge >= 0.3 is 0 Å². The smallest absolute Gasteiger partial charge is 0.243 e. The lowest BCUT2D eigenvalue weighted by atomic mass is 10.1. The Morgan fingerprint density at radius 2 is 1.70 bits per heavy atom. The van der Waals surface area contributed by atoms with Gasteiger partial charge in [0.1, 0.15) is 0 Å². The molecule has 4 rings (SSSR count). The molecule has 1 N–H and O–H groups in total. The zero-order valence-corrected chi connectivity index (χ0v) is 15.1. The molecule has 0 bridgehead atoms. The number of hydrogen-bond acceptors (Lipinski definition) is 3. The van der Waals surface area contributed by atoms with E-state index in [1.807, 2.05) is 72.8 Å². The van der Waals surface area contributed by atoms with Gasteiger partial charge in [0, 0.05) is 25.4 Å². The van der Waals surface area contributed by atoms with E-state index in [1.165, 1.54) is 0 Å². The molecule has 3 aromatic rings. The van der Waals surface area contributed by atoms with E-state index < -0.39 is 0 Å². The third-order valence-electron chi connectivity index (χ3n) is 4.97. The molecule has 0 aromatic heterocycles. The Bertz CT molecular complexity index is 982. The number of fused-ring (bicyclic) bond motifs is 1. The Morgan fingerprint density at radius 1 is 1.00 bits per heavy atom. The molecule has 5 heteroatoms. The number of carbonyl (C=O) groups excluding carboxylic acids is 2. The zero-order valence-electron chi connectivity index (χ0n) is 15.1. The number of amides is 2. The summed E-state index contributed by atoms with van der Waals surface area (Å²) >= 11 is 0. The first-order valence-electron chi connectivity index (χ1n) is 9.01. The standard InChI is InChI=1S/C22H21N3O2/c1-24(18-10-3-2-4-11-18)23-22(27)17-14-21(26)25(15-17)20-13-7-9-16-8-5-6-12-19(16)20/h2-13,17H,14-15H2,1H3,(H,23,27)/t17-/m1/s1. The van der Waals surface area contributed by atoms with Gasteiger partial charge in [-0.25, -0.2) is 0 Å². The molecule has 136 valence electrons. The molecule has 2 amide bonds. The number of rotatable bonds is 4. The Balaban J connectivity index is 1.51. The molecule has 1 saturated heterocycles. The van der Waals surface area contributed by atoms with Crippen molar-refractivity contribution in [3.05, 3.63) is 72.8 Å². The Morgan fingerprint density at radius 3 is 2.52 bits per heavy atom. The molecule has 1 heterocycles. The van der Waals surface area contributed by atoms with Gasteiger partial charge in [-0.05, 0) is 23.6 Å². The van der Waals surface area contributed by atoms with Crippen molar-refractivity contribution in [2.24, 2.45) is 5.92 Å². The van der Waals surface area contributed by atoms with Crippen molar-refractivity contribution in [2.45, 2.75) is 6.42 Å². The van der Waals surface area contributed by atoms with E-state index in [9.17, 15) is 9.59 Å². The number of benzene rings is 3. The Hall–Kier alpha value is -3.34. The summed E-state index contributed by atoms with van der Waals surface area (Å²) in [6, 6.07) is 23.5. The van der Waals surface area contributed by atoms with E-state index in [0.717, 1.165) is 22.1 Å². The molecule has 1 aliphatic rings. The largest absolute Gasteiger partial charge is 0.311 e. The third kappa shape index (κ3) is 3.36. The lowest BCUT2D eigenvalue weighted by Crippen LogP contribution is -2.43. The molecule has 1 aliphatic heterocycles. The van der Waals surface area contributed by atoms with Crippen LogP contribution in [0.1, 0.15) is 6.42 Å². The van der Waals surface area contributed by atoms with E-state index in [4.69, 9.17) is 0 Å². The quantitative estimate of drug-likeness (QED) is 0.727. The molecule has 5 nitrogen and oxygen atoms in total. The van der Waals surface area contributed by atoms with Crippen molar-refractivity contribution in [3.8, 4) is 0 Å². The summed E-state index contributed by atoms with van der Waals surface area (Å²) in [4.78, 5) is 27.0. The Labute approximate surface area is 158 Å². The van der Waals surface area contributed by atoms with Gasteiger partial charge in [0.2, 0.25) is 11.8 Å². The van der Waals surface area contributed by atoms with Crippen molar-refractivity contribution < 1.29 is 9.59 Å². The number of carbonyl (C=O) groups is 2. The lowest BCUT2D eigenvalue weighted by Gasteiger charge is -2.23. The molecule has 1 fully saturated rings. The molecule has 1 atom stereocenters. The first kappa shape index (κ1) is 17.1. The van der Waals surface area contributed by atoms with E-state index in [1.54, 1.807) is 17.0 Å². The fourth-order valence-electron chi connectivity index (χ4n) is 3.53. The van der Waals surface area contributed by atoms with Crippen LogP contribution < -0.4 is 15.3 Å². The second-order valence-corrected chi connectivity index (χ2v) is 6.77. The maximum Gasteiger partial charge on any atom is 0.243 e. The summed E-state index contributed by atoms with van der Waals surface area (Å²) in [5, 5.41) is 3.79. The number of anilines is 2. The first-order valence-corrected chi connectivity index (χ1v) is 9.01. The van der Waals surface area contributed by atoms with Crippen LogP contribution in [0.3, 0.4) is 0 Å². The SMILES string of the molecule is CN(NC(=O)[C@@H]1CC(=O)N(c2cccc3ccccc23)C1)c1ccccc1. The van der Waals surface area contributed by atoms with Crippen LogP contribution in [-0.2, 0) is 9.59 Å². The molecule has 0 aliphatic carbocycles. The molecule has 0 unspecified atom stereocenters. The van der Waals surface area contributed by atoms with Crippen LogP contribution in [-0.4, -0.2) is 25.4 Å². The predicted octanol–water partition coefficient (Wildman–Crippen LogP) is 3.36. The molecule has 27 heavy (non-hydrogen) atoms. The van der Waals surface area contributed by atoms with Crippen LogP contribution in [0.5, 0.6) is 0 Å². The van der Waals surface area contributed by atoms with Crippen molar-refractivity contribution in [2.75, 3.05) is 23.5 Å². The summed E-state index contributed by atoms with van der Waals surface area (Å²) in [6.07, 6.45) is 0.220. The summed E-state index contributed by atoms with van der Waals surface area (Å²) in [7, 11) is 1.80. The van der Waals surface area contributed by atoms with Crippen LogP contribution in [0.4, 0.5) is 11.4 Å². The second-order valence-electron chi connectivity index (χ2n) is 6.77. The highest BCUT2D eigenvalue weighted by Crippen LogP contribution is 2.31. The average Bonchev–Trinajstić information content (AvgIpc) is 3.10. The molecule has 0 spiro atoms. The Kier molecular flexibility index (Phi) is 4.50. The van der Waals surface area contributed by atoms with Crippen LogP contribution in [0.25, 0.3) is 10.8 Å². The van der Waals surface area contributed by atoms with Crippen molar-refractivity contribution in [1.82, 2.24) is 5.43 Å². The summed E-state index contributed by atoms with van der Waals surface area (Å²) in [5.74, 6) is -0.533. The van der Waals surface area contributed by atoms with Gasteiger partial charge in [0.15, 0.2) is 0 Å². The maximum atomic E-state index is 12.7. The van der Waals surface area contributed by atoms with Crippen molar-refractivity contribution in [1.29, 1.82) is 0 Å². The van der Waals surface area contributed by atoms with Gasteiger partial charge in [-0.2, -0.15) is 0 Å². The first-order chi connectivity index (χ1) is 13.1. The minimum Gasteiger partial charge on any atom is -0.311 e. The molecule has 0 radical (unpaired) electrons. The number of nitrogens with one attached hydrogen (secondary N) is 1. The maximum absolute atomic E-state index is 12.7. The summed E-state index contributed by atoms with van der Waals surface area (Å²) in [6.45, 7) is 0.390. The minimum absolute atomic E-state index is 0.0196. The fraction of sp³-hybridized carbons (Fsp3) is 0.182. The highest BCUT2D eigenvalue weighted by molar-refractivity contribution is 6.07. The van der Waals surface area contributed by atoms with Gasteiger partial charge in [0.05, 0.1) is 17.3 Å².